The second-order valence-electron chi connectivity index (χ2n) is 4.71. The van der Waals surface area contributed by atoms with Gasteiger partial charge in [-0.05, 0) is 18.2 Å². The highest BCUT2D eigenvalue weighted by molar-refractivity contribution is 6.45. The molecule has 0 saturated heterocycles. The number of carbonyl (C=O) groups excluding carboxylic acids is 1. The van der Waals surface area contributed by atoms with E-state index < -0.39 is 0 Å². The van der Waals surface area contributed by atoms with E-state index in [9.17, 15) is 4.79 Å². The van der Waals surface area contributed by atoms with Crippen LogP contribution in [0.3, 0.4) is 0 Å². The lowest BCUT2D eigenvalue weighted by molar-refractivity contribution is -0.742. The largest absolute Gasteiger partial charge is 0.488 e. The molecular formula is C16H15N2O3+. The number of oxime groups is 1. The number of hydrogen-bond acceptors (Lipinski definition) is 4. The van der Waals surface area contributed by atoms with Gasteiger partial charge in [0.25, 0.3) is 0 Å². The summed E-state index contributed by atoms with van der Waals surface area (Å²) >= 11 is 0. The summed E-state index contributed by atoms with van der Waals surface area (Å²) < 4.78 is 5.62. The van der Waals surface area contributed by atoms with E-state index in [2.05, 4.69) is 5.16 Å². The molecule has 0 aliphatic carbocycles. The Kier molecular flexibility index (Phi) is 3.66. The summed E-state index contributed by atoms with van der Waals surface area (Å²) in [5.41, 5.74) is 1.62. The average Bonchev–Trinajstić information content (AvgIpc) is 2.80. The molecule has 1 amide bonds. The monoisotopic (exact) mass is 283 g/mol. The minimum atomic E-state index is -0.227. The fourth-order valence-electron chi connectivity index (χ4n) is 2.48. The molecule has 1 aliphatic rings. The predicted octanol–water partition coefficient (Wildman–Crippen LogP) is 1.00. The van der Waals surface area contributed by atoms with Crippen molar-refractivity contribution in [3.8, 4) is 5.75 Å². The van der Waals surface area contributed by atoms with Gasteiger partial charge in [0.2, 0.25) is 5.71 Å². The zero-order chi connectivity index (χ0) is 14.7. The highest BCUT2D eigenvalue weighted by Crippen LogP contribution is 2.17. The van der Waals surface area contributed by atoms with Gasteiger partial charge in [0.05, 0.1) is 5.56 Å². The Morgan fingerprint density at radius 2 is 1.76 bits per heavy atom. The van der Waals surface area contributed by atoms with Gasteiger partial charge in [0.1, 0.15) is 24.6 Å². The molecule has 2 aromatic rings. The number of nitrogens with one attached hydrogen (secondary N) is 1. The molecular weight excluding hydrogens is 268 g/mol. The number of nitrogens with zero attached hydrogens (tertiary/aromatic N) is 1. The van der Waals surface area contributed by atoms with Crippen LogP contribution in [-0.2, 0) is 4.79 Å². The number of amides is 1. The lowest BCUT2D eigenvalue weighted by Gasteiger charge is -2.11. The van der Waals surface area contributed by atoms with Gasteiger partial charge in [0, 0.05) is 6.07 Å². The number of quaternary nitrogens is 1. The van der Waals surface area contributed by atoms with Crippen molar-refractivity contribution >= 4 is 17.3 Å². The highest BCUT2D eigenvalue weighted by Gasteiger charge is 2.40. The number of rotatable bonds is 4. The van der Waals surface area contributed by atoms with Crippen LogP contribution in [-0.4, -0.2) is 30.0 Å². The Balaban J connectivity index is 1.73. The predicted molar refractivity (Wildman–Crippen MR) is 77.2 cm³/mol. The lowest BCUT2D eigenvalue weighted by atomic mass is 10.1. The van der Waals surface area contributed by atoms with Crippen molar-refractivity contribution in [2.75, 3.05) is 13.2 Å². The van der Waals surface area contributed by atoms with Gasteiger partial charge in [-0.1, -0.05) is 35.5 Å². The van der Waals surface area contributed by atoms with Gasteiger partial charge in [-0.3, -0.25) is 0 Å². The number of ether oxygens (including phenoxy) is 1. The SMILES string of the molecule is O=C1C(=NO)c2ccccc2[NH+]1CCOc1ccccc1. The third-order valence-electron chi connectivity index (χ3n) is 3.46. The van der Waals surface area contributed by atoms with Crippen LogP contribution < -0.4 is 9.64 Å². The third kappa shape index (κ3) is 2.51. The maximum absolute atomic E-state index is 12.3. The van der Waals surface area contributed by atoms with Gasteiger partial charge in [-0.2, -0.15) is 0 Å². The molecule has 106 valence electrons. The van der Waals surface area contributed by atoms with Crippen molar-refractivity contribution in [3.05, 3.63) is 60.2 Å². The summed E-state index contributed by atoms with van der Waals surface area (Å²) in [6.45, 7) is 0.877. The maximum atomic E-state index is 12.3. The number of fused-ring (bicyclic) bond motifs is 1. The molecule has 1 heterocycles. The molecule has 5 nitrogen and oxygen atoms in total. The first-order chi connectivity index (χ1) is 10.3. The van der Waals surface area contributed by atoms with Crippen LogP contribution in [0.25, 0.3) is 0 Å². The Morgan fingerprint density at radius 3 is 2.52 bits per heavy atom. The summed E-state index contributed by atoms with van der Waals surface area (Å²) in [5, 5.41) is 12.2. The minimum absolute atomic E-state index is 0.111. The molecule has 3 rings (SSSR count). The molecule has 2 N–H and O–H groups in total. The van der Waals surface area contributed by atoms with E-state index in [4.69, 9.17) is 9.94 Å². The molecule has 0 aromatic heterocycles. The van der Waals surface area contributed by atoms with Crippen LogP contribution in [0.2, 0.25) is 0 Å². The number of hydrogen-bond donors (Lipinski definition) is 2. The summed E-state index contributed by atoms with van der Waals surface area (Å²) in [6.07, 6.45) is 0. The molecule has 0 spiro atoms. The van der Waals surface area contributed by atoms with Crippen molar-refractivity contribution in [2.45, 2.75) is 0 Å². The fourth-order valence-corrected chi connectivity index (χ4v) is 2.48. The smallest absolute Gasteiger partial charge is 0.372 e. The first-order valence-electron chi connectivity index (χ1n) is 6.71. The van der Waals surface area contributed by atoms with Crippen LogP contribution in [0.5, 0.6) is 5.75 Å². The Labute approximate surface area is 122 Å². The second-order valence-corrected chi connectivity index (χ2v) is 4.71. The Morgan fingerprint density at radius 1 is 1.05 bits per heavy atom. The average molecular weight is 283 g/mol. The molecule has 1 atom stereocenters. The van der Waals surface area contributed by atoms with Crippen LogP contribution >= 0.6 is 0 Å². The molecule has 0 saturated carbocycles. The summed E-state index contributed by atoms with van der Waals surface area (Å²) in [5.74, 6) is 0.545. The Bertz CT molecular complexity index is 683. The molecule has 0 bridgehead atoms. The standard InChI is InChI=1S/C16H14N2O3/c19-16-15(17-20)13-8-4-5-9-14(13)18(16)10-11-21-12-6-2-1-3-7-12/h1-9,20H,10-11H2/p+1. The first-order valence-corrected chi connectivity index (χ1v) is 6.71. The van der Waals surface area contributed by atoms with E-state index in [-0.39, 0.29) is 11.6 Å². The molecule has 1 unspecified atom stereocenters. The van der Waals surface area contributed by atoms with Crippen molar-refractivity contribution < 1.29 is 19.6 Å². The van der Waals surface area contributed by atoms with Gasteiger partial charge in [-0.15, -0.1) is 0 Å². The molecule has 0 fully saturated rings. The van der Waals surface area contributed by atoms with E-state index in [0.29, 0.717) is 23.6 Å². The van der Waals surface area contributed by atoms with Gasteiger partial charge in [0.15, 0.2) is 0 Å². The zero-order valence-corrected chi connectivity index (χ0v) is 11.3. The zero-order valence-electron chi connectivity index (χ0n) is 11.3. The molecule has 21 heavy (non-hydrogen) atoms. The van der Waals surface area contributed by atoms with Crippen LogP contribution in [0, 0.1) is 0 Å². The fraction of sp³-hybridized carbons (Fsp3) is 0.125. The molecule has 2 aromatic carbocycles. The van der Waals surface area contributed by atoms with E-state index in [1.54, 1.807) is 6.07 Å². The van der Waals surface area contributed by atoms with E-state index in [1.165, 1.54) is 0 Å². The van der Waals surface area contributed by atoms with Gasteiger partial charge < -0.3 is 9.94 Å². The highest BCUT2D eigenvalue weighted by atomic mass is 16.5. The van der Waals surface area contributed by atoms with Gasteiger partial charge in [-0.25, -0.2) is 9.69 Å². The van der Waals surface area contributed by atoms with Crippen LogP contribution in [0.4, 0.5) is 5.69 Å². The number of para-hydroxylation sites is 2. The van der Waals surface area contributed by atoms with Crippen LogP contribution in [0.15, 0.2) is 59.8 Å². The quantitative estimate of drug-likeness (QED) is 0.650. The van der Waals surface area contributed by atoms with Crippen LogP contribution in [0.1, 0.15) is 5.56 Å². The lowest BCUT2D eigenvalue weighted by Crippen LogP contribution is -3.09. The third-order valence-corrected chi connectivity index (χ3v) is 3.46. The normalized spacial score (nSPS) is 18.8. The van der Waals surface area contributed by atoms with Crippen molar-refractivity contribution in [2.24, 2.45) is 5.16 Å². The van der Waals surface area contributed by atoms with Crippen molar-refractivity contribution in [1.82, 2.24) is 0 Å². The first kappa shape index (κ1) is 13.3. The van der Waals surface area contributed by atoms with E-state index in [0.717, 1.165) is 11.4 Å². The summed E-state index contributed by atoms with van der Waals surface area (Å²) in [7, 11) is 0. The number of benzene rings is 2. The van der Waals surface area contributed by atoms with E-state index in [1.807, 2.05) is 48.5 Å². The Hall–Kier alpha value is -2.66. The topological polar surface area (TPSA) is 63.3 Å². The van der Waals surface area contributed by atoms with E-state index >= 15 is 0 Å². The summed E-state index contributed by atoms with van der Waals surface area (Å²) in [4.78, 5) is 12.9. The van der Waals surface area contributed by atoms with Crippen molar-refractivity contribution in [1.29, 1.82) is 0 Å². The summed E-state index contributed by atoms with van der Waals surface area (Å²) in [6, 6.07) is 16.8. The molecule has 5 heteroatoms. The second kappa shape index (κ2) is 5.76. The minimum Gasteiger partial charge on any atom is -0.488 e. The van der Waals surface area contributed by atoms with Gasteiger partial charge >= 0.3 is 5.91 Å². The van der Waals surface area contributed by atoms with Crippen molar-refractivity contribution in [3.63, 3.8) is 0 Å². The maximum Gasteiger partial charge on any atom is 0.372 e. The number of carbonyl (C=O) groups is 1. The molecule has 0 radical (unpaired) electrons. The molecule has 1 aliphatic heterocycles.